The Balaban J connectivity index is 3.45. The fourth-order valence-corrected chi connectivity index (χ4v) is 1.16. The summed E-state index contributed by atoms with van der Waals surface area (Å²) in [6.07, 6.45) is 0. The van der Waals surface area contributed by atoms with Gasteiger partial charge in [0.05, 0.1) is 4.92 Å². The molecule has 0 aliphatic rings. The summed E-state index contributed by atoms with van der Waals surface area (Å²) in [5, 5.41) is 16.1. The van der Waals surface area contributed by atoms with Gasteiger partial charge in [-0.1, -0.05) is 0 Å². The number of nitro benzene ring substituents is 1. The highest BCUT2D eigenvalue weighted by atomic mass is 16.6. The number of non-ortho nitro benzene ring substituents is 1. The fourth-order valence-electron chi connectivity index (χ4n) is 1.16. The Morgan fingerprint density at radius 1 is 1.05 bits per heavy atom. The number of carbonyl (C=O) groups excluding carboxylic acids is 2. The molecule has 0 heterocycles. The molecule has 11 nitrogen and oxygen atoms in total. The average Bonchev–Trinajstić information content (AvgIpc) is 2.38. The van der Waals surface area contributed by atoms with Crippen LogP contribution in [0.15, 0.2) is 28.4 Å². The van der Waals surface area contributed by atoms with Crippen LogP contribution in [0, 0.1) is 10.1 Å². The SMILES string of the molecule is [N-]=[N+]=NC(=O)c1cc(C(=O)N=[N+]=[N-])cc([N+](=O)[O-])c1. The van der Waals surface area contributed by atoms with E-state index >= 15 is 0 Å². The van der Waals surface area contributed by atoms with Crippen LogP contribution in [0.1, 0.15) is 20.7 Å². The molecular formula is C8H3N7O4. The zero-order valence-corrected chi connectivity index (χ0v) is 9.00. The average molecular weight is 261 g/mol. The second-order valence-electron chi connectivity index (χ2n) is 3.01. The first-order valence-electron chi connectivity index (χ1n) is 4.48. The van der Waals surface area contributed by atoms with E-state index in [0.717, 1.165) is 18.2 Å². The van der Waals surface area contributed by atoms with Crippen molar-refractivity contribution < 1.29 is 14.5 Å². The van der Waals surface area contributed by atoms with Crippen molar-refractivity contribution >= 4 is 17.5 Å². The van der Waals surface area contributed by atoms with Crippen molar-refractivity contribution in [2.24, 2.45) is 10.2 Å². The number of carbonyl (C=O) groups is 2. The highest BCUT2D eigenvalue weighted by Crippen LogP contribution is 2.19. The van der Waals surface area contributed by atoms with Crippen molar-refractivity contribution in [3.63, 3.8) is 0 Å². The first kappa shape index (κ1) is 13.6. The summed E-state index contributed by atoms with van der Waals surface area (Å²) in [5.41, 5.74) is 14.9. The van der Waals surface area contributed by atoms with Crippen molar-refractivity contribution in [1.29, 1.82) is 0 Å². The molecule has 0 saturated carbocycles. The lowest BCUT2D eigenvalue weighted by Crippen LogP contribution is -2.02. The van der Waals surface area contributed by atoms with E-state index in [1.807, 2.05) is 0 Å². The molecule has 1 aromatic carbocycles. The van der Waals surface area contributed by atoms with Gasteiger partial charge in [-0.25, -0.2) is 0 Å². The van der Waals surface area contributed by atoms with E-state index in [-0.39, 0.29) is 11.1 Å². The predicted octanol–water partition coefficient (Wildman–Crippen LogP) is 2.50. The van der Waals surface area contributed by atoms with Crippen molar-refractivity contribution in [3.05, 3.63) is 60.3 Å². The number of hydrogen-bond acceptors (Lipinski definition) is 4. The van der Waals surface area contributed by atoms with Gasteiger partial charge in [-0.15, -0.1) is 0 Å². The molecule has 0 N–H and O–H groups in total. The topological polar surface area (TPSA) is 175 Å². The Labute approximate surface area is 103 Å². The van der Waals surface area contributed by atoms with Crippen LogP contribution in [-0.4, -0.2) is 16.7 Å². The van der Waals surface area contributed by atoms with Crippen molar-refractivity contribution in [3.8, 4) is 0 Å². The Morgan fingerprint density at radius 2 is 1.47 bits per heavy atom. The second kappa shape index (κ2) is 5.77. The normalized spacial score (nSPS) is 8.84. The molecule has 0 fully saturated rings. The minimum Gasteiger partial charge on any atom is -0.287 e. The molecule has 0 unspecified atom stereocenters. The molecule has 0 saturated heterocycles. The van der Waals surface area contributed by atoms with Crippen LogP contribution in [0.25, 0.3) is 20.9 Å². The van der Waals surface area contributed by atoms with E-state index < -0.39 is 22.4 Å². The number of hydrogen-bond donors (Lipinski definition) is 0. The van der Waals surface area contributed by atoms with Crippen LogP contribution >= 0.6 is 0 Å². The van der Waals surface area contributed by atoms with Crippen LogP contribution in [0.5, 0.6) is 0 Å². The Hall–Kier alpha value is -3.42. The molecule has 11 heteroatoms. The molecule has 0 aliphatic heterocycles. The van der Waals surface area contributed by atoms with Crippen molar-refractivity contribution in [2.45, 2.75) is 0 Å². The molecule has 0 radical (unpaired) electrons. The Morgan fingerprint density at radius 3 is 1.79 bits per heavy atom. The third-order valence-corrected chi connectivity index (χ3v) is 1.89. The summed E-state index contributed by atoms with van der Waals surface area (Å²) in [5.74, 6) is -2.19. The highest BCUT2D eigenvalue weighted by Gasteiger charge is 2.16. The molecule has 0 spiro atoms. The molecule has 0 aliphatic carbocycles. The molecule has 0 aromatic heterocycles. The summed E-state index contributed by atoms with van der Waals surface area (Å²) in [6, 6.07) is 2.61. The summed E-state index contributed by atoms with van der Waals surface area (Å²) in [7, 11) is 0. The first-order chi connectivity index (χ1) is 8.99. The lowest BCUT2D eigenvalue weighted by atomic mass is 10.1. The molecule has 94 valence electrons. The Bertz CT molecular complexity index is 621. The maximum atomic E-state index is 11.3. The van der Waals surface area contributed by atoms with Gasteiger partial charge in [0.1, 0.15) is 0 Å². The number of benzene rings is 1. The minimum atomic E-state index is -1.10. The van der Waals surface area contributed by atoms with Gasteiger partial charge in [0.15, 0.2) is 0 Å². The minimum absolute atomic E-state index is 0.358. The van der Waals surface area contributed by atoms with Gasteiger partial charge in [-0.05, 0) is 27.4 Å². The van der Waals surface area contributed by atoms with E-state index in [1.165, 1.54) is 0 Å². The molecule has 0 atom stereocenters. The summed E-state index contributed by atoms with van der Waals surface area (Å²) >= 11 is 0. The molecular weight excluding hydrogens is 258 g/mol. The van der Waals surface area contributed by atoms with Gasteiger partial charge in [0, 0.05) is 33.1 Å². The van der Waals surface area contributed by atoms with Gasteiger partial charge in [-0.2, -0.15) is 0 Å². The predicted molar refractivity (Wildman–Crippen MR) is 60.0 cm³/mol. The maximum absolute atomic E-state index is 11.3. The van der Waals surface area contributed by atoms with Crippen molar-refractivity contribution in [2.75, 3.05) is 0 Å². The van der Waals surface area contributed by atoms with Gasteiger partial charge in [-0.3, -0.25) is 19.7 Å². The van der Waals surface area contributed by atoms with Crippen molar-refractivity contribution in [1.82, 2.24) is 0 Å². The van der Waals surface area contributed by atoms with E-state index in [0.29, 0.717) is 0 Å². The van der Waals surface area contributed by atoms with Crippen LogP contribution in [-0.2, 0) is 0 Å². The smallest absolute Gasteiger partial charge is 0.270 e. The van der Waals surface area contributed by atoms with Crippen LogP contribution in [0.4, 0.5) is 5.69 Å². The molecule has 2 amide bonds. The number of amides is 2. The zero-order valence-electron chi connectivity index (χ0n) is 9.00. The van der Waals surface area contributed by atoms with E-state index in [4.69, 9.17) is 11.1 Å². The van der Waals surface area contributed by atoms with Gasteiger partial charge < -0.3 is 0 Å². The van der Waals surface area contributed by atoms with Crippen LogP contribution in [0.2, 0.25) is 0 Å². The zero-order chi connectivity index (χ0) is 14.4. The fraction of sp³-hybridized carbons (Fsp3) is 0. The third-order valence-electron chi connectivity index (χ3n) is 1.89. The number of nitrogens with zero attached hydrogens (tertiary/aromatic N) is 7. The largest absolute Gasteiger partial charge is 0.287 e. The lowest BCUT2D eigenvalue weighted by molar-refractivity contribution is -0.384. The highest BCUT2D eigenvalue weighted by molar-refractivity contribution is 6.01. The third kappa shape index (κ3) is 3.27. The Kier molecular flexibility index (Phi) is 4.15. The maximum Gasteiger partial charge on any atom is 0.270 e. The molecule has 1 rings (SSSR count). The quantitative estimate of drug-likeness (QED) is 0.267. The van der Waals surface area contributed by atoms with E-state index in [2.05, 4.69) is 20.1 Å². The standard InChI is InChI=1S/C8H3N7O4/c9-13-11-7(16)4-1-5(8(17)12-14-10)3-6(2-4)15(18)19/h1-3H. The van der Waals surface area contributed by atoms with E-state index in [1.54, 1.807) is 0 Å². The van der Waals surface area contributed by atoms with Gasteiger partial charge in [0.25, 0.3) is 5.69 Å². The molecule has 19 heavy (non-hydrogen) atoms. The number of azide groups is 2. The molecule has 1 aromatic rings. The lowest BCUT2D eigenvalue weighted by Gasteiger charge is -1.99. The van der Waals surface area contributed by atoms with Crippen LogP contribution < -0.4 is 0 Å². The van der Waals surface area contributed by atoms with Gasteiger partial charge >= 0.3 is 0 Å². The van der Waals surface area contributed by atoms with Gasteiger partial charge in [0.2, 0.25) is 11.8 Å². The first-order valence-corrected chi connectivity index (χ1v) is 4.48. The second-order valence-corrected chi connectivity index (χ2v) is 3.01. The van der Waals surface area contributed by atoms with Crippen LogP contribution in [0.3, 0.4) is 0 Å². The number of nitro groups is 1. The summed E-state index contributed by atoms with van der Waals surface area (Å²) < 4.78 is 0. The van der Waals surface area contributed by atoms with E-state index in [9.17, 15) is 19.7 Å². The summed E-state index contributed by atoms with van der Waals surface area (Å²) in [4.78, 5) is 36.9. The number of rotatable bonds is 3. The summed E-state index contributed by atoms with van der Waals surface area (Å²) in [6.45, 7) is 0. The monoisotopic (exact) mass is 261 g/mol. The molecule has 0 bridgehead atoms.